The summed E-state index contributed by atoms with van der Waals surface area (Å²) in [5.74, 6) is 0.571. The minimum atomic E-state index is -0.477. The largest absolute Gasteiger partial charge is 0.444 e. The summed E-state index contributed by atoms with van der Waals surface area (Å²) in [6.45, 7) is 8.66. The van der Waals surface area contributed by atoms with E-state index >= 15 is 0 Å². The van der Waals surface area contributed by atoms with Crippen molar-refractivity contribution in [2.75, 3.05) is 18.4 Å². The fourth-order valence-electron chi connectivity index (χ4n) is 1.61. The summed E-state index contributed by atoms with van der Waals surface area (Å²) in [6, 6.07) is 0. The minimum absolute atomic E-state index is 0.417. The van der Waals surface area contributed by atoms with Crippen LogP contribution in [0, 0.1) is 0 Å². The molecule has 1 heterocycles. The van der Waals surface area contributed by atoms with E-state index < -0.39 is 11.7 Å². The van der Waals surface area contributed by atoms with E-state index in [0.717, 1.165) is 24.8 Å². The number of carbonyl (C=O) groups excluding carboxylic acids is 1. The second-order valence-corrected chi connectivity index (χ2v) is 5.87. The SMILES string of the molecule is CCCCc1cnc(NCCNC(=O)OC(C)(C)C)nc1. The summed E-state index contributed by atoms with van der Waals surface area (Å²) < 4.78 is 5.13. The number of unbranched alkanes of at least 4 members (excludes halogenated alkanes) is 1. The zero-order valence-corrected chi connectivity index (χ0v) is 13.4. The van der Waals surface area contributed by atoms with Gasteiger partial charge in [0.25, 0.3) is 0 Å². The lowest BCUT2D eigenvalue weighted by molar-refractivity contribution is 0.0530. The van der Waals surface area contributed by atoms with Gasteiger partial charge in [-0.25, -0.2) is 14.8 Å². The van der Waals surface area contributed by atoms with Gasteiger partial charge < -0.3 is 15.4 Å². The van der Waals surface area contributed by atoms with E-state index in [9.17, 15) is 4.79 Å². The summed E-state index contributed by atoms with van der Waals surface area (Å²) in [6.07, 6.45) is 6.59. The molecule has 1 aromatic rings. The lowest BCUT2D eigenvalue weighted by atomic mass is 10.2. The molecule has 1 aromatic heterocycles. The highest BCUT2D eigenvalue weighted by Crippen LogP contribution is 2.06. The molecule has 0 saturated carbocycles. The zero-order valence-electron chi connectivity index (χ0n) is 13.4. The van der Waals surface area contributed by atoms with Gasteiger partial charge in [-0.15, -0.1) is 0 Å². The molecule has 1 rings (SSSR count). The van der Waals surface area contributed by atoms with E-state index in [1.807, 2.05) is 33.2 Å². The van der Waals surface area contributed by atoms with Crippen LogP contribution in [0.25, 0.3) is 0 Å². The Morgan fingerprint density at radius 2 is 1.90 bits per heavy atom. The molecule has 6 heteroatoms. The number of hydrogen-bond donors (Lipinski definition) is 2. The van der Waals surface area contributed by atoms with Crippen LogP contribution >= 0.6 is 0 Å². The Morgan fingerprint density at radius 3 is 2.48 bits per heavy atom. The summed E-state index contributed by atoms with van der Waals surface area (Å²) in [4.78, 5) is 19.9. The highest BCUT2D eigenvalue weighted by Gasteiger charge is 2.15. The Labute approximate surface area is 126 Å². The van der Waals surface area contributed by atoms with Crippen molar-refractivity contribution in [2.24, 2.45) is 0 Å². The molecule has 0 saturated heterocycles. The molecule has 0 unspecified atom stereocenters. The normalized spacial score (nSPS) is 11.0. The van der Waals surface area contributed by atoms with E-state index in [2.05, 4.69) is 27.5 Å². The molecule has 0 spiro atoms. The smallest absolute Gasteiger partial charge is 0.407 e. The van der Waals surface area contributed by atoms with Crippen LogP contribution in [0.15, 0.2) is 12.4 Å². The molecule has 21 heavy (non-hydrogen) atoms. The summed E-state index contributed by atoms with van der Waals surface area (Å²) in [5, 5.41) is 5.72. The molecule has 0 aliphatic rings. The first-order valence-electron chi connectivity index (χ1n) is 7.42. The number of anilines is 1. The number of hydrogen-bond acceptors (Lipinski definition) is 5. The van der Waals surface area contributed by atoms with Crippen molar-refractivity contribution in [1.82, 2.24) is 15.3 Å². The van der Waals surface area contributed by atoms with E-state index in [-0.39, 0.29) is 0 Å². The number of alkyl carbamates (subject to hydrolysis) is 1. The Hall–Kier alpha value is -1.85. The van der Waals surface area contributed by atoms with E-state index in [4.69, 9.17) is 4.74 Å². The third-order valence-electron chi connectivity index (χ3n) is 2.60. The van der Waals surface area contributed by atoms with Crippen molar-refractivity contribution < 1.29 is 9.53 Å². The zero-order chi connectivity index (χ0) is 15.7. The summed E-state index contributed by atoms with van der Waals surface area (Å²) in [5.41, 5.74) is 0.670. The third-order valence-corrected chi connectivity index (χ3v) is 2.60. The first kappa shape index (κ1) is 17.2. The minimum Gasteiger partial charge on any atom is -0.444 e. The highest BCUT2D eigenvalue weighted by molar-refractivity contribution is 5.67. The molecule has 0 radical (unpaired) electrons. The second-order valence-electron chi connectivity index (χ2n) is 5.87. The van der Waals surface area contributed by atoms with Crippen LogP contribution in [0.1, 0.15) is 46.1 Å². The standard InChI is InChI=1S/C15H26N4O2/c1-5-6-7-12-10-18-13(19-11-12)16-8-9-17-14(20)21-15(2,3)4/h10-11H,5-9H2,1-4H3,(H,17,20)(H,16,18,19). The molecule has 0 aromatic carbocycles. The van der Waals surface area contributed by atoms with Crippen molar-refractivity contribution in [3.05, 3.63) is 18.0 Å². The van der Waals surface area contributed by atoms with Gasteiger partial charge in [-0.1, -0.05) is 13.3 Å². The lowest BCUT2D eigenvalue weighted by Crippen LogP contribution is -2.35. The molecule has 0 aliphatic carbocycles. The molecular formula is C15H26N4O2. The molecule has 0 aliphatic heterocycles. The topological polar surface area (TPSA) is 76.1 Å². The Morgan fingerprint density at radius 1 is 1.24 bits per heavy atom. The molecule has 0 atom stereocenters. The maximum absolute atomic E-state index is 11.4. The fraction of sp³-hybridized carbons (Fsp3) is 0.667. The molecule has 2 N–H and O–H groups in total. The van der Waals surface area contributed by atoms with E-state index in [0.29, 0.717) is 19.0 Å². The van der Waals surface area contributed by atoms with Crippen LogP contribution < -0.4 is 10.6 Å². The number of aromatic nitrogens is 2. The van der Waals surface area contributed by atoms with Gasteiger partial charge in [0.2, 0.25) is 5.95 Å². The van der Waals surface area contributed by atoms with Crippen LogP contribution in [-0.4, -0.2) is 34.8 Å². The second kappa shape index (κ2) is 8.44. The molecule has 6 nitrogen and oxygen atoms in total. The Balaban J connectivity index is 2.22. The number of rotatable bonds is 7. The van der Waals surface area contributed by atoms with Crippen molar-refractivity contribution in [2.45, 2.75) is 52.6 Å². The van der Waals surface area contributed by atoms with Gasteiger partial charge in [0, 0.05) is 25.5 Å². The highest BCUT2D eigenvalue weighted by atomic mass is 16.6. The predicted molar refractivity (Wildman–Crippen MR) is 83.4 cm³/mol. The van der Waals surface area contributed by atoms with Gasteiger partial charge in [-0.3, -0.25) is 0 Å². The number of ether oxygens (including phenoxy) is 1. The number of aryl methyl sites for hydroxylation is 1. The first-order chi connectivity index (χ1) is 9.90. The van der Waals surface area contributed by atoms with Crippen LogP contribution in [-0.2, 0) is 11.2 Å². The molecule has 0 fully saturated rings. The monoisotopic (exact) mass is 294 g/mol. The number of nitrogens with zero attached hydrogens (tertiary/aromatic N) is 2. The van der Waals surface area contributed by atoms with Gasteiger partial charge >= 0.3 is 6.09 Å². The number of carbonyl (C=O) groups is 1. The number of nitrogens with one attached hydrogen (secondary N) is 2. The van der Waals surface area contributed by atoms with Crippen molar-refractivity contribution in [3.63, 3.8) is 0 Å². The van der Waals surface area contributed by atoms with Gasteiger partial charge in [0.1, 0.15) is 5.60 Å². The maximum Gasteiger partial charge on any atom is 0.407 e. The van der Waals surface area contributed by atoms with Gasteiger partial charge in [0.05, 0.1) is 0 Å². The quantitative estimate of drug-likeness (QED) is 0.756. The molecule has 0 bridgehead atoms. The Kier molecular flexibility index (Phi) is 6.91. The van der Waals surface area contributed by atoms with E-state index in [1.165, 1.54) is 0 Å². The third kappa shape index (κ3) is 8.12. The Bertz CT molecular complexity index is 426. The van der Waals surface area contributed by atoms with Gasteiger partial charge in [-0.2, -0.15) is 0 Å². The summed E-state index contributed by atoms with van der Waals surface area (Å²) in [7, 11) is 0. The van der Waals surface area contributed by atoms with Crippen molar-refractivity contribution >= 4 is 12.0 Å². The molecule has 1 amide bonds. The molecule has 118 valence electrons. The van der Waals surface area contributed by atoms with E-state index in [1.54, 1.807) is 0 Å². The number of amides is 1. The predicted octanol–water partition coefficient (Wildman–Crippen LogP) is 2.76. The van der Waals surface area contributed by atoms with Crippen molar-refractivity contribution in [1.29, 1.82) is 0 Å². The first-order valence-corrected chi connectivity index (χ1v) is 7.42. The average Bonchev–Trinajstić information content (AvgIpc) is 2.41. The van der Waals surface area contributed by atoms with Gasteiger partial charge in [-0.05, 0) is 39.2 Å². The molecular weight excluding hydrogens is 268 g/mol. The lowest BCUT2D eigenvalue weighted by Gasteiger charge is -2.19. The van der Waals surface area contributed by atoms with Crippen LogP contribution in [0.4, 0.5) is 10.7 Å². The maximum atomic E-state index is 11.4. The van der Waals surface area contributed by atoms with Gasteiger partial charge in [0.15, 0.2) is 0 Å². The van der Waals surface area contributed by atoms with Crippen molar-refractivity contribution in [3.8, 4) is 0 Å². The summed E-state index contributed by atoms with van der Waals surface area (Å²) >= 11 is 0. The van der Waals surface area contributed by atoms with Crippen LogP contribution in [0.2, 0.25) is 0 Å². The average molecular weight is 294 g/mol. The van der Waals surface area contributed by atoms with Crippen LogP contribution in [0.3, 0.4) is 0 Å². The fourth-order valence-corrected chi connectivity index (χ4v) is 1.61. The van der Waals surface area contributed by atoms with Crippen LogP contribution in [0.5, 0.6) is 0 Å².